The number of rotatable bonds is 3. The molecule has 0 fully saturated rings. The molecule has 0 aliphatic rings. The molecule has 74 valence electrons. The van der Waals surface area contributed by atoms with Crippen LogP contribution in [-0.2, 0) is 0 Å². The molecule has 2 nitrogen and oxygen atoms in total. The fraction of sp³-hybridized carbons (Fsp3) is 0.364. The average molecular weight is 206 g/mol. The molecular formula is C11H14N2S. The Balaban J connectivity index is 2.36. The number of nitrogens with zero attached hydrogens (tertiary/aromatic N) is 1. The molecule has 0 spiro atoms. The van der Waals surface area contributed by atoms with E-state index in [-0.39, 0.29) is 0 Å². The standard InChI is InChI=1S/C11H14N2S/c1-3-8(2)13-11-9-5-7-14-10(9)4-6-12-11/h4-8H,3H2,1-2H3,(H,12,13). The van der Waals surface area contributed by atoms with Crippen LogP contribution in [0.5, 0.6) is 0 Å². The predicted molar refractivity (Wildman–Crippen MR) is 63.0 cm³/mol. The van der Waals surface area contributed by atoms with E-state index in [9.17, 15) is 0 Å². The minimum Gasteiger partial charge on any atom is -0.367 e. The maximum atomic E-state index is 4.36. The van der Waals surface area contributed by atoms with Crippen molar-refractivity contribution in [1.82, 2.24) is 4.98 Å². The lowest BCUT2D eigenvalue weighted by molar-refractivity contribution is 0.761. The zero-order valence-corrected chi connectivity index (χ0v) is 9.27. The highest BCUT2D eigenvalue weighted by Crippen LogP contribution is 2.26. The number of thiophene rings is 1. The molecule has 0 aromatic carbocycles. The van der Waals surface area contributed by atoms with Crippen LogP contribution in [0.2, 0.25) is 0 Å². The Bertz CT molecular complexity index is 422. The maximum absolute atomic E-state index is 4.36. The molecule has 1 N–H and O–H groups in total. The summed E-state index contributed by atoms with van der Waals surface area (Å²) in [7, 11) is 0. The lowest BCUT2D eigenvalue weighted by Gasteiger charge is -2.12. The van der Waals surface area contributed by atoms with Crippen molar-refractivity contribution in [3.63, 3.8) is 0 Å². The molecule has 2 heterocycles. The second kappa shape index (κ2) is 3.96. The summed E-state index contributed by atoms with van der Waals surface area (Å²) in [5, 5.41) is 6.76. The van der Waals surface area contributed by atoms with Crippen LogP contribution in [0.1, 0.15) is 20.3 Å². The third kappa shape index (κ3) is 1.73. The monoisotopic (exact) mass is 206 g/mol. The van der Waals surface area contributed by atoms with Gasteiger partial charge in [-0.25, -0.2) is 4.98 Å². The number of pyridine rings is 1. The van der Waals surface area contributed by atoms with Crippen molar-refractivity contribution in [2.45, 2.75) is 26.3 Å². The van der Waals surface area contributed by atoms with Gasteiger partial charge in [0.25, 0.3) is 0 Å². The molecule has 0 aliphatic heterocycles. The summed E-state index contributed by atoms with van der Waals surface area (Å²) in [5.74, 6) is 1.01. The van der Waals surface area contributed by atoms with Crippen LogP contribution >= 0.6 is 11.3 Å². The zero-order chi connectivity index (χ0) is 9.97. The number of anilines is 1. The highest BCUT2D eigenvalue weighted by atomic mass is 32.1. The van der Waals surface area contributed by atoms with Crippen molar-refractivity contribution >= 4 is 27.2 Å². The normalized spacial score (nSPS) is 13.0. The lowest BCUT2D eigenvalue weighted by atomic mass is 10.2. The molecule has 2 aromatic rings. The first-order valence-electron chi connectivity index (χ1n) is 4.90. The first-order chi connectivity index (χ1) is 6.81. The van der Waals surface area contributed by atoms with Gasteiger partial charge in [-0.3, -0.25) is 0 Å². The molecule has 3 heteroatoms. The molecule has 0 amide bonds. The molecule has 2 aromatic heterocycles. The topological polar surface area (TPSA) is 24.9 Å². The van der Waals surface area contributed by atoms with Gasteiger partial charge in [-0.05, 0) is 30.9 Å². The van der Waals surface area contributed by atoms with Crippen LogP contribution in [0.25, 0.3) is 10.1 Å². The van der Waals surface area contributed by atoms with E-state index >= 15 is 0 Å². The fourth-order valence-electron chi connectivity index (χ4n) is 1.35. The zero-order valence-electron chi connectivity index (χ0n) is 8.45. The van der Waals surface area contributed by atoms with Gasteiger partial charge < -0.3 is 5.32 Å². The van der Waals surface area contributed by atoms with Gasteiger partial charge in [-0.15, -0.1) is 11.3 Å². The Labute approximate surface area is 88.0 Å². The molecule has 0 aliphatic carbocycles. The van der Waals surface area contributed by atoms with E-state index in [1.54, 1.807) is 11.3 Å². The summed E-state index contributed by atoms with van der Waals surface area (Å²) in [4.78, 5) is 4.36. The fourth-order valence-corrected chi connectivity index (χ4v) is 2.13. The van der Waals surface area contributed by atoms with E-state index in [0.29, 0.717) is 6.04 Å². The first-order valence-corrected chi connectivity index (χ1v) is 5.78. The molecule has 0 saturated carbocycles. The van der Waals surface area contributed by atoms with E-state index in [1.807, 2.05) is 6.20 Å². The number of hydrogen-bond donors (Lipinski definition) is 1. The van der Waals surface area contributed by atoms with E-state index in [0.717, 1.165) is 12.2 Å². The Morgan fingerprint density at radius 1 is 1.50 bits per heavy atom. The van der Waals surface area contributed by atoms with Crippen LogP contribution in [-0.4, -0.2) is 11.0 Å². The predicted octanol–water partition coefficient (Wildman–Crippen LogP) is 3.51. The van der Waals surface area contributed by atoms with Crippen LogP contribution < -0.4 is 5.32 Å². The third-order valence-corrected chi connectivity index (χ3v) is 3.26. The van der Waals surface area contributed by atoms with Crippen LogP contribution in [0.15, 0.2) is 23.7 Å². The minimum atomic E-state index is 0.480. The van der Waals surface area contributed by atoms with Gasteiger partial charge >= 0.3 is 0 Å². The number of hydrogen-bond acceptors (Lipinski definition) is 3. The van der Waals surface area contributed by atoms with Crippen molar-refractivity contribution in [1.29, 1.82) is 0 Å². The van der Waals surface area contributed by atoms with Crippen LogP contribution in [0.4, 0.5) is 5.82 Å². The summed E-state index contributed by atoms with van der Waals surface area (Å²) in [5.41, 5.74) is 0. The second-order valence-electron chi connectivity index (χ2n) is 3.45. The van der Waals surface area contributed by atoms with Gasteiger partial charge in [-0.2, -0.15) is 0 Å². The maximum Gasteiger partial charge on any atom is 0.134 e. The molecule has 2 rings (SSSR count). The average Bonchev–Trinajstić information content (AvgIpc) is 2.66. The molecule has 14 heavy (non-hydrogen) atoms. The third-order valence-electron chi connectivity index (χ3n) is 2.38. The van der Waals surface area contributed by atoms with E-state index in [1.165, 1.54) is 10.1 Å². The molecule has 1 atom stereocenters. The molecular weight excluding hydrogens is 192 g/mol. The number of nitrogens with one attached hydrogen (secondary N) is 1. The highest BCUT2D eigenvalue weighted by Gasteiger charge is 2.05. The molecule has 0 radical (unpaired) electrons. The summed E-state index contributed by atoms with van der Waals surface area (Å²) >= 11 is 1.76. The van der Waals surface area contributed by atoms with Crippen molar-refractivity contribution < 1.29 is 0 Å². The lowest BCUT2D eigenvalue weighted by Crippen LogP contribution is -2.14. The summed E-state index contributed by atoms with van der Waals surface area (Å²) in [6.45, 7) is 4.35. The summed E-state index contributed by atoms with van der Waals surface area (Å²) < 4.78 is 1.30. The number of fused-ring (bicyclic) bond motifs is 1. The number of aromatic nitrogens is 1. The summed E-state index contributed by atoms with van der Waals surface area (Å²) in [6, 6.07) is 4.66. The van der Waals surface area contributed by atoms with E-state index in [2.05, 4.69) is 41.7 Å². The quantitative estimate of drug-likeness (QED) is 0.831. The largest absolute Gasteiger partial charge is 0.367 e. The minimum absolute atomic E-state index is 0.480. The van der Waals surface area contributed by atoms with Crippen molar-refractivity contribution in [2.24, 2.45) is 0 Å². The van der Waals surface area contributed by atoms with Crippen LogP contribution in [0.3, 0.4) is 0 Å². The SMILES string of the molecule is CCC(C)Nc1nccc2sccc12. The molecule has 1 unspecified atom stereocenters. The van der Waals surface area contributed by atoms with E-state index < -0.39 is 0 Å². The highest BCUT2D eigenvalue weighted by molar-refractivity contribution is 7.17. The van der Waals surface area contributed by atoms with Gasteiger partial charge in [-0.1, -0.05) is 6.92 Å². The van der Waals surface area contributed by atoms with Gasteiger partial charge in [0.05, 0.1) is 0 Å². The van der Waals surface area contributed by atoms with E-state index in [4.69, 9.17) is 0 Å². The van der Waals surface area contributed by atoms with Gasteiger partial charge in [0.15, 0.2) is 0 Å². The molecule has 0 saturated heterocycles. The Morgan fingerprint density at radius 3 is 3.14 bits per heavy atom. The van der Waals surface area contributed by atoms with Crippen LogP contribution in [0, 0.1) is 0 Å². The van der Waals surface area contributed by atoms with Crippen molar-refractivity contribution in [3.05, 3.63) is 23.7 Å². The Morgan fingerprint density at radius 2 is 2.36 bits per heavy atom. The van der Waals surface area contributed by atoms with Crippen molar-refractivity contribution in [3.8, 4) is 0 Å². The second-order valence-corrected chi connectivity index (χ2v) is 4.39. The first kappa shape index (κ1) is 9.46. The Hall–Kier alpha value is -1.09. The molecule has 0 bridgehead atoms. The summed E-state index contributed by atoms with van der Waals surface area (Å²) in [6.07, 6.45) is 2.98. The smallest absolute Gasteiger partial charge is 0.134 e. The van der Waals surface area contributed by atoms with Gasteiger partial charge in [0, 0.05) is 22.3 Å². The Kier molecular flexibility index (Phi) is 2.68. The van der Waals surface area contributed by atoms with Crippen molar-refractivity contribution in [2.75, 3.05) is 5.32 Å². The van der Waals surface area contributed by atoms with Gasteiger partial charge in [0.1, 0.15) is 5.82 Å². The van der Waals surface area contributed by atoms with Gasteiger partial charge in [0.2, 0.25) is 0 Å².